The minimum Gasteiger partial charge on any atom is -0.326 e. The molecular weight excluding hydrogens is 424 g/mol. The van der Waals surface area contributed by atoms with Crippen molar-refractivity contribution in [3.05, 3.63) is 95.6 Å². The lowest BCUT2D eigenvalue weighted by atomic mass is 9.98. The fraction of sp³-hybridized carbons (Fsp3) is 0.200. The van der Waals surface area contributed by atoms with Crippen molar-refractivity contribution < 1.29 is 18.0 Å². The molecular formula is C25H24N2O4S. The molecule has 0 saturated carbocycles. The molecule has 1 aliphatic rings. The smallest absolute Gasteiger partial charge is 0.241 e. The number of aryl methyl sites for hydroxylation is 2. The Morgan fingerprint density at radius 1 is 0.938 bits per heavy atom. The average Bonchev–Trinajstić information content (AvgIpc) is 2.82. The lowest BCUT2D eigenvalue weighted by Crippen LogP contribution is -2.34. The fourth-order valence-electron chi connectivity index (χ4n) is 3.77. The maximum atomic E-state index is 13.2. The molecule has 0 aromatic heterocycles. The summed E-state index contributed by atoms with van der Waals surface area (Å²) in [6.45, 7) is 0. The fourth-order valence-corrected chi connectivity index (χ4v) is 5.03. The van der Waals surface area contributed by atoms with Gasteiger partial charge in [0.15, 0.2) is 5.78 Å². The summed E-state index contributed by atoms with van der Waals surface area (Å²) >= 11 is 0. The molecule has 0 spiro atoms. The van der Waals surface area contributed by atoms with E-state index in [4.69, 9.17) is 0 Å². The molecule has 4 rings (SSSR count). The van der Waals surface area contributed by atoms with E-state index in [9.17, 15) is 18.0 Å². The van der Waals surface area contributed by atoms with Crippen molar-refractivity contribution in [3.63, 3.8) is 0 Å². The normalized spacial score (nSPS) is 14.3. The van der Waals surface area contributed by atoms with Crippen LogP contribution in [0.2, 0.25) is 0 Å². The third-order valence-corrected chi connectivity index (χ3v) is 6.93. The molecule has 6 nitrogen and oxygen atoms in total. The number of benzene rings is 3. The van der Waals surface area contributed by atoms with Crippen molar-refractivity contribution in [2.24, 2.45) is 0 Å². The SMILES string of the molecule is O=C1CCc2cc(S(=O)(=O)NC(C(=O)CCc3ccccc3)c3ccccc3)ccc2N1. The van der Waals surface area contributed by atoms with Crippen molar-refractivity contribution in [2.75, 3.05) is 5.32 Å². The summed E-state index contributed by atoms with van der Waals surface area (Å²) in [4.78, 5) is 24.8. The van der Waals surface area contributed by atoms with Gasteiger partial charge in [0.1, 0.15) is 6.04 Å². The number of hydrogen-bond donors (Lipinski definition) is 2. The molecule has 7 heteroatoms. The summed E-state index contributed by atoms with van der Waals surface area (Å²) in [5, 5.41) is 2.75. The molecule has 1 atom stereocenters. The number of fused-ring (bicyclic) bond motifs is 1. The highest BCUT2D eigenvalue weighted by atomic mass is 32.2. The molecule has 3 aromatic carbocycles. The second-order valence-electron chi connectivity index (χ2n) is 7.78. The molecule has 1 unspecified atom stereocenters. The molecule has 164 valence electrons. The molecule has 32 heavy (non-hydrogen) atoms. The maximum absolute atomic E-state index is 13.2. The molecule has 0 radical (unpaired) electrons. The van der Waals surface area contributed by atoms with Crippen LogP contribution < -0.4 is 10.0 Å². The van der Waals surface area contributed by atoms with Gasteiger partial charge in [-0.1, -0.05) is 60.7 Å². The number of nitrogens with one attached hydrogen (secondary N) is 2. The third kappa shape index (κ3) is 5.12. The Morgan fingerprint density at radius 3 is 2.34 bits per heavy atom. The predicted molar refractivity (Wildman–Crippen MR) is 123 cm³/mol. The summed E-state index contributed by atoms with van der Waals surface area (Å²) in [5.74, 6) is -0.284. The highest BCUT2D eigenvalue weighted by molar-refractivity contribution is 7.89. The topological polar surface area (TPSA) is 92.3 Å². The van der Waals surface area contributed by atoms with Crippen molar-refractivity contribution in [1.82, 2.24) is 4.72 Å². The van der Waals surface area contributed by atoms with Gasteiger partial charge in [-0.05, 0) is 47.7 Å². The molecule has 1 heterocycles. The quantitative estimate of drug-likeness (QED) is 0.548. The van der Waals surface area contributed by atoms with Crippen LogP contribution in [0.1, 0.15) is 35.6 Å². The van der Waals surface area contributed by atoms with E-state index >= 15 is 0 Å². The number of carbonyl (C=O) groups is 2. The maximum Gasteiger partial charge on any atom is 0.241 e. The van der Waals surface area contributed by atoms with E-state index in [0.29, 0.717) is 30.5 Å². The zero-order valence-electron chi connectivity index (χ0n) is 17.5. The Hall–Kier alpha value is -3.29. The van der Waals surface area contributed by atoms with Crippen molar-refractivity contribution in [1.29, 1.82) is 0 Å². The molecule has 0 bridgehead atoms. The van der Waals surface area contributed by atoms with Crippen molar-refractivity contribution in [3.8, 4) is 0 Å². The summed E-state index contributed by atoms with van der Waals surface area (Å²) in [6, 6.07) is 22.1. The lowest BCUT2D eigenvalue weighted by Gasteiger charge is -2.20. The molecule has 0 saturated heterocycles. The number of Topliss-reactive ketones (excluding diaryl/α,β-unsaturated/α-hetero) is 1. The average molecular weight is 449 g/mol. The van der Waals surface area contributed by atoms with E-state index in [2.05, 4.69) is 10.0 Å². The summed E-state index contributed by atoms with van der Waals surface area (Å²) in [5.41, 5.74) is 3.00. The number of amides is 1. The predicted octanol–water partition coefficient (Wildman–Crippen LogP) is 3.79. The van der Waals surface area contributed by atoms with Gasteiger partial charge in [0.05, 0.1) is 4.90 Å². The third-order valence-electron chi connectivity index (χ3n) is 5.51. The summed E-state index contributed by atoms with van der Waals surface area (Å²) in [6.07, 6.45) is 1.53. The Morgan fingerprint density at radius 2 is 1.62 bits per heavy atom. The van der Waals surface area contributed by atoms with Gasteiger partial charge in [-0.25, -0.2) is 8.42 Å². The Bertz CT molecular complexity index is 1230. The van der Waals surface area contributed by atoms with Gasteiger partial charge in [0.2, 0.25) is 15.9 Å². The van der Waals surface area contributed by atoms with Crippen LogP contribution in [0.25, 0.3) is 0 Å². The first kappa shape index (κ1) is 21.9. The minimum atomic E-state index is -3.97. The van der Waals surface area contributed by atoms with Crippen LogP contribution in [0.4, 0.5) is 5.69 Å². The first-order chi connectivity index (χ1) is 15.4. The van der Waals surface area contributed by atoms with E-state index in [-0.39, 0.29) is 23.0 Å². The summed E-state index contributed by atoms with van der Waals surface area (Å²) in [7, 11) is -3.97. The van der Waals surface area contributed by atoms with Crippen LogP contribution in [-0.4, -0.2) is 20.1 Å². The number of ketones is 1. The van der Waals surface area contributed by atoms with Crippen LogP contribution in [0.15, 0.2) is 83.8 Å². The van der Waals surface area contributed by atoms with Crippen LogP contribution in [-0.2, 0) is 32.5 Å². The first-order valence-electron chi connectivity index (χ1n) is 10.5. The van der Waals surface area contributed by atoms with E-state index in [1.54, 1.807) is 36.4 Å². The van der Waals surface area contributed by atoms with Crippen molar-refractivity contribution in [2.45, 2.75) is 36.6 Å². The van der Waals surface area contributed by atoms with E-state index < -0.39 is 16.1 Å². The van der Waals surface area contributed by atoms with Crippen molar-refractivity contribution >= 4 is 27.4 Å². The zero-order valence-corrected chi connectivity index (χ0v) is 18.3. The Labute approximate surface area is 187 Å². The van der Waals surface area contributed by atoms with Crippen LogP contribution in [0.3, 0.4) is 0 Å². The minimum absolute atomic E-state index is 0.0733. The molecule has 0 fully saturated rings. The van der Waals surface area contributed by atoms with Gasteiger partial charge in [-0.2, -0.15) is 4.72 Å². The number of sulfonamides is 1. The largest absolute Gasteiger partial charge is 0.326 e. The monoisotopic (exact) mass is 448 g/mol. The Balaban J connectivity index is 1.57. The lowest BCUT2D eigenvalue weighted by molar-refractivity contribution is -0.120. The molecule has 3 aromatic rings. The number of carbonyl (C=O) groups excluding carboxylic acids is 2. The second-order valence-corrected chi connectivity index (χ2v) is 9.50. The molecule has 1 aliphatic heterocycles. The highest BCUT2D eigenvalue weighted by Crippen LogP contribution is 2.27. The second kappa shape index (κ2) is 9.46. The van der Waals surface area contributed by atoms with E-state index in [1.165, 1.54) is 6.07 Å². The first-order valence-corrected chi connectivity index (χ1v) is 12.0. The van der Waals surface area contributed by atoms with Crippen LogP contribution in [0, 0.1) is 0 Å². The van der Waals surface area contributed by atoms with Gasteiger partial charge in [0.25, 0.3) is 0 Å². The molecule has 1 amide bonds. The van der Waals surface area contributed by atoms with Crippen LogP contribution in [0.5, 0.6) is 0 Å². The van der Waals surface area contributed by atoms with Gasteiger partial charge in [-0.3, -0.25) is 9.59 Å². The van der Waals surface area contributed by atoms with Gasteiger partial charge < -0.3 is 5.32 Å². The highest BCUT2D eigenvalue weighted by Gasteiger charge is 2.28. The van der Waals surface area contributed by atoms with Gasteiger partial charge >= 0.3 is 0 Å². The van der Waals surface area contributed by atoms with Gasteiger partial charge in [0, 0.05) is 18.5 Å². The zero-order chi connectivity index (χ0) is 22.6. The number of hydrogen-bond acceptors (Lipinski definition) is 4. The molecule has 0 aliphatic carbocycles. The van der Waals surface area contributed by atoms with E-state index in [1.807, 2.05) is 36.4 Å². The van der Waals surface area contributed by atoms with Crippen LogP contribution >= 0.6 is 0 Å². The molecule has 2 N–H and O–H groups in total. The number of rotatable bonds is 8. The standard InChI is InChI=1S/C25H24N2O4S/c28-23(15-11-18-7-3-1-4-8-18)25(19-9-5-2-6-10-19)27-32(30,31)21-13-14-22-20(17-21)12-16-24(29)26-22/h1-10,13-14,17,25,27H,11-12,15-16H2,(H,26,29). The summed E-state index contributed by atoms with van der Waals surface area (Å²) < 4.78 is 29.0. The number of anilines is 1. The van der Waals surface area contributed by atoms with E-state index in [0.717, 1.165) is 11.1 Å². The Kier molecular flexibility index (Phi) is 6.48. The van der Waals surface area contributed by atoms with Gasteiger partial charge in [-0.15, -0.1) is 0 Å².